The molecule has 1 aromatic carbocycles. The van der Waals surface area contributed by atoms with Gasteiger partial charge >= 0.3 is 5.97 Å². The van der Waals surface area contributed by atoms with Crippen molar-refractivity contribution < 1.29 is 14.3 Å². The molecule has 5 heteroatoms. The quantitative estimate of drug-likeness (QED) is 0.781. The number of anilines is 1. The van der Waals surface area contributed by atoms with Crippen molar-refractivity contribution in [3.05, 3.63) is 30.1 Å². The van der Waals surface area contributed by atoms with Gasteiger partial charge in [0.05, 0.1) is 0 Å². The van der Waals surface area contributed by atoms with Crippen LogP contribution in [0.3, 0.4) is 0 Å². The molecule has 2 unspecified atom stereocenters. The van der Waals surface area contributed by atoms with Crippen molar-refractivity contribution >= 4 is 11.7 Å². The lowest BCUT2D eigenvalue weighted by Crippen LogP contribution is -2.59. The molecular weight excluding hydrogens is 247 g/mol. The molecule has 2 atom stereocenters. The third kappa shape index (κ3) is 2.71. The molecule has 1 fully saturated rings. The molecule has 4 nitrogen and oxygen atoms in total. The van der Waals surface area contributed by atoms with Crippen molar-refractivity contribution in [2.45, 2.75) is 25.3 Å². The Balaban J connectivity index is 2.28. The normalized spacial score (nSPS) is 26.9. The van der Waals surface area contributed by atoms with Gasteiger partial charge in [0.15, 0.2) is 0 Å². The molecule has 0 bridgehead atoms. The molecule has 0 radical (unpaired) electrons. The first-order valence-corrected chi connectivity index (χ1v) is 6.56. The molecule has 0 saturated carbocycles. The van der Waals surface area contributed by atoms with Gasteiger partial charge < -0.3 is 15.7 Å². The summed E-state index contributed by atoms with van der Waals surface area (Å²) in [6.45, 7) is 3.33. The van der Waals surface area contributed by atoms with Crippen LogP contribution in [0, 0.1) is 11.7 Å². The molecule has 3 N–H and O–H groups in total. The van der Waals surface area contributed by atoms with E-state index in [0.29, 0.717) is 25.2 Å². The number of halogens is 1. The average Bonchev–Trinajstić information content (AvgIpc) is 2.41. The SMILES string of the molecule is CCC1CNCCC1(Nc1ccc(F)cc1)C(=O)O. The number of benzene rings is 1. The average molecular weight is 266 g/mol. The van der Waals surface area contributed by atoms with E-state index < -0.39 is 11.5 Å². The molecule has 19 heavy (non-hydrogen) atoms. The summed E-state index contributed by atoms with van der Waals surface area (Å²) in [5, 5.41) is 16.0. The number of carbonyl (C=O) groups is 1. The van der Waals surface area contributed by atoms with Crippen LogP contribution in [-0.4, -0.2) is 29.7 Å². The summed E-state index contributed by atoms with van der Waals surface area (Å²) in [4.78, 5) is 11.8. The van der Waals surface area contributed by atoms with Crippen LogP contribution in [0.15, 0.2) is 24.3 Å². The first kappa shape index (κ1) is 13.8. The van der Waals surface area contributed by atoms with Crippen LogP contribution in [0.5, 0.6) is 0 Å². The summed E-state index contributed by atoms with van der Waals surface area (Å²) in [5.41, 5.74) is -0.332. The smallest absolute Gasteiger partial charge is 0.329 e. The molecule has 1 heterocycles. The van der Waals surface area contributed by atoms with Crippen molar-refractivity contribution in [2.75, 3.05) is 18.4 Å². The summed E-state index contributed by atoms with van der Waals surface area (Å²) < 4.78 is 12.9. The lowest BCUT2D eigenvalue weighted by molar-refractivity contribution is -0.145. The largest absolute Gasteiger partial charge is 0.479 e. The lowest BCUT2D eigenvalue weighted by atomic mass is 9.76. The molecule has 1 saturated heterocycles. The Bertz CT molecular complexity index is 449. The van der Waals surface area contributed by atoms with E-state index in [9.17, 15) is 14.3 Å². The van der Waals surface area contributed by atoms with Gasteiger partial charge in [-0.1, -0.05) is 6.92 Å². The van der Waals surface area contributed by atoms with Crippen LogP contribution >= 0.6 is 0 Å². The highest BCUT2D eigenvalue weighted by Crippen LogP contribution is 2.31. The van der Waals surface area contributed by atoms with Crippen molar-refractivity contribution in [1.82, 2.24) is 5.32 Å². The van der Waals surface area contributed by atoms with Crippen LogP contribution in [0.2, 0.25) is 0 Å². The highest BCUT2D eigenvalue weighted by molar-refractivity contribution is 5.83. The highest BCUT2D eigenvalue weighted by Gasteiger charge is 2.46. The van der Waals surface area contributed by atoms with Gasteiger partial charge in [-0.05, 0) is 43.7 Å². The first-order chi connectivity index (χ1) is 9.08. The molecule has 2 rings (SSSR count). The molecule has 1 aliphatic rings. The van der Waals surface area contributed by atoms with E-state index in [1.165, 1.54) is 12.1 Å². The Morgan fingerprint density at radius 2 is 2.21 bits per heavy atom. The standard InChI is InChI=1S/C14H19FN2O2/c1-2-10-9-16-8-7-14(10,13(18)19)17-12-5-3-11(15)4-6-12/h3-6,10,16-17H,2,7-9H2,1H3,(H,18,19). The van der Waals surface area contributed by atoms with E-state index in [0.717, 1.165) is 6.42 Å². The van der Waals surface area contributed by atoms with E-state index in [4.69, 9.17) is 0 Å². The van der Waals surface area contributed by atoms with Gasteiger partial charge in [-0.2, -0.15) is 0 Å². The zero-order chi connectivity index (χ0) is 13.9. The molecule has 0 amide bonds. The third-order valence-electron chi connectivity index (χ3n) is 3.87. The van der Waals surface area contributed by atoms with E-state index in [2.05, 4.69) is 10.6 Å². The minimum Gasteiger partial charge on any atom is -0.479 e. The maximum absolute atomic E-state index is 12.9. The first-order valence-electron chi connectivity index (χ1n) is 6.56. The van der Waals surface area contributed by atoms with E-state index in [1.807, 2.05) is 6.92 Å². The third-order valence-corrected chi connectivity index (χ3v) is 3.87. The topological polar surface area (TPSA) is 61.4 Å². The van der Waals surface area contributed by atoms with Crippen molar-refractivity contribution in [1.29, 1.82) is 0 Å². The molecule has 0 spiro atoms. The number of piperidine rings is 1. The molecule has 1 aromatic rings. The Morgan fingerprint density at radius 3 is 2.79 bits per heavy atom. The molecule has 104 valence electrons. The summed E-state index contributed by atoms with van der Waals surface area (Å²) in [6.07, 6.45) is 1.28. The van der Waals surface area contributed by atoms with Crippen molar-refractivity contribution in [3.63, 3.8) is 0 Å². The van der Waals surface area contributed by atoms with Crippen molar-refractivity contribution in [2.24, 2.45) is 5.92 Å². The maximum atomic E-state index is 12.9. The second-order valence-corrected chi connectivity index (χ2v) is 4.97. The van der Waals surface area contributed by atoms with E-state index in [-0.39, 0.29) is 11.7 Å². The van der Waals surface area contributed by atoms with E-state index in [1.54, 1.807) is 12.1 Å². The minimum atomic E-state index is -0.974. The summed E-state index contributed by atoms with van der Waals surface area (Å²) in [7, 11) is 0. The Labute approximate surface area is 112 Å². The van der Waals surface area contributed by atoms with Crippen LogP contribution in [0.1, 0.15) is 19.8 Å². The predicted octanol–water partition coefficient (Wildman–Crippen LogP) is 2.08. The zero-order valence-corrected chi connectivity index (χ0v) is 10.9. The zero-order valence-electron chi connectivity index (χ0n) is 10.9. The van der Waals surface area contributed by atoms with Crippen LogP contribution in [-0.2, 0) is 4.79 Å². The predicted molar refractivity (Wildman–Crippen MR) is 71.7 cm³/mol. The Morgan fingerprint density at radius 1 is 1.53 bits per heavy atom. The number of nitrogens with one attached hydrogen (secondary N) is 2. The summed E-state index contributed by atoms with van der Waals surface area (Å²) in [5.74, 6) is -1.17. The summed E-state index contributed by atoms with van der Waals surface area (Å²) in [6, 6.07) is 5.82. The van der Waals surface area contributed by atoms with Gasteiger partial charge in [-0.15, -0.1) is 0 Å². The van der Waals surface area contributed by atoms with Gasteiger partial charge in [-0.25, -0.2) is 9.18 Å². The molecule has 0 aliphatic carbocycles. The fourth-order valence-electron chi connectivity index (χ4n) is 2.72. The number of carboxylic acids is 1. The second-order valence-electron chi connectivity index (χ2n) is 4.97. The fourth-order valence-corrected chi connectivity index (χ4v) is 2.72. The molecule has 0 aromatic heterocycles. The lowest BCUT2D eigenvalue weighted by Gasteiger charge is -2.42. The van der Waals surface area contributed by atoms with Crippen LogP contribution in [0.25, 0.3) is 0 Å². The monoisotopic (exact) mass is 266 g/mol. The Hall–Kier alpha value is -1.62. The molecule has 1 aliphatic heterocycles. The maximum Gasteiger partial charge on any atom is 0.329 e. The van der Waals surface area contributed by atoms with Crippen molar-refractivity contribution in [3.8, 4) is 0 Å². The van der Waals surface area contributed by atoms with Crippen LogP contribution in [0.4, 0.5) is 10.1 Å². The number of aliphatic carboxylic acids is 1. The van der Waals surface area contributed by atoms with E-state index >= 15 is 0 Å². The summed E-state index contributed by atoms with van der Waals surface area (Å²) >= 11 is 0. The van der Waals surface area contributed by atoms with Gasteiger partial charge in [0.2, 0.25) is 0 Å². The van der Waals surface area contributed by atoms with Crippen LogP contribution < -0.4 is 10.6 Å². The number of hydrogen-bond donors (Lipinski definition) is 3. The second kappa shape index (κ2) is 5.57. The highest BCUT2D eigenvalue weighted by atomic mass is 19.1. The Kier molecular flexibility index (Phi) is 4.04. The fraction of sp³-hybridized carbons (Fsp3) is 0.500. The van der Waals surface area contributed by atoms with Gasteiger partial charge in [0, 0.05) is 18.2 Å². The number of hydrogen-bond acceptors (Lipinski definition) is 3. The number of rotatable bonds is 4. The van der Waals surface area contributed by atoms with Gasteiger partial charge in [0.25, 0.3) is 0 Å². The van der Waals surface area contributed by atoms with Gasteiger partial charge in [-0.3, -0.25) is 0 Å². The number of carboxylic acid groups (broad SMARTS) is 1. The molecular formula is C14H19FN2O2. The minimum absolute atomic E-state index is 0.00352. The van der Waals surface area contributed by atoms with Gasteiger partial charge in [0.1, 0.15) is 11.4 Å².